The second-order valence-corrected chi connectivity index (χ2v) is 2.88. The molecule has 0 atom stereocenters. The quantitative estimate of drug-likeness (QED) is 0.764. The van der Waals surface area contributed by atoms with Gasteiger partial charge in [0, 0.05) is 24.8 Å². The first-order valence-corrected chi connectivity index (χ1v) is 4.08. The fraction of sp³-hybridized carbons (Fsp3) is 0.333. The zero-order chi connectivity index (χ0) is 9.26. The summed E-state index contributed by atoms with van der Waals surface area (Å²) in [5.41, 5.74) is 2.54. The van der Waals surface area contributed by atoms with Gasteiger partial charge in [-0.15, -0.1) is 24.8 Å². The van der Waals surface area contributed by atoms with Gasteiger partial charge in [-0.2, -0.15) is 0 Å². The monoisotopic (exact) mass is 250 g/mol. The number of hydrogen-bond donors (Lipinski definition) is 1. The molecule has 1 aliphatic rings. The molecule has 2 heterocycles. The van der Waals surface area contributed by atoms with Crippen LogP contribution in [0.4, 0.5) is 0 Å². The van der Waals surface area contributed by atoms with E-state index in [4.69, 9.17) is 0 Å². The molecule has 4 nitrogen and oxygen atoms in total. The van der Waals surface area contributed by atoms with Crippen molar-refractivity contribution >= 4 is 30.8 Å². The van der Waals surface area contributed by atoms with E-state index < -0.39 is 0 Å². The van der Waals surface area contributed by atoms with Gasteiger partial charge in [-0.1, -0.05) is 0 Å². The Kier molecular flexibility index (Phi) is 5.57. The van der Waals surface area contributed by atoms with Gasteiger partial charge in [0.1, 0.15) is 0 Å². The molecule has 1 aromatic rings. The van der Waals surface area contributed by atoms with E-state index in [0.717, 1.165) is 17.8 Å². The number of esters is 1. The van der Waals surface area contributed by atoms with Crippen molar-refractivity contribution in [1.29, 1.82) is 0 Å². The largest absolute Gasteiger partial charge is 0.465 e. The third-order valence-corrected chi connectivity index (χ3v) is 2.14. The van der Waals surface area contributed by atoms with Gasteiger partial charge in [0.05, 0.1) is 18.4 Å². The molecule has 1 aliphatic heterocycles. The molecular weight excluding hydrogens is 239 g/mol. The number of rotatable bonds is 1. The van der Waals surface area contributed by atoms with Crippen molar-refractivity contribution in [3.05, 3.63) is 29.1 Å². The van der Waals surface area contributed by atoms with Gasteiger partial charge in [0.15, 0.2) is 0 Å². The Hall–Kier alpha value is -0.840. The Morgan fingerprint density at radius 1 is 1.47 bits per heavy atom. The lowest BCUT2D eigenvalue weighted by Gasteiger charge is -2.03. The van der Waals surface area contributed by atoms with Gasteiger partial charge < -0.3 is 10.1 Å². The summed E-state index contributed by atoms with van der Waals surface area (Å²) in [7, 11) is 1.39. The van der Waals surface area contributed by atoms with E-state index in [1.807, 2.05) is 0 Å². The number of aromatic nitrogens is 1. The van der Waals surface area contributed by atoms with Crippen LogP contribution < -0.4 is 5.32 Å². The van der Waals surface area contributed by atoms with Crippen molar-refractivity contribution in [2.45, 2.75) is 13.1 Å². The van der Waals surface area contributed by atoms with Crippen molar-refractivity contribution in [3.8, 4) is 0 Å². The van der Waals surface area contributed by atoms with Crippen LogP contribution in [0.2, 0.25) is 0 Å². The molecule has 1 N–H and O–H groups in total. The summed E-state index contributed by atoms with van der Waals surface area (Å²) in [6, 6.07) is 1.69. The Labute approximate surface area is 100 Å². The first-order chi connectivity index (χ1) is 6.33. The molecule has 15 heavy (non-hydrogen) atoms. The van der Waals surface area contributed by atoms with Crippen LogP contribution in [-0.4, -0.2) is 18.1 Å². The Morgan fingerprint density at radius 2 is 2.20 bits per heavy atom. The second kappa shape index (κ2) is 5.90. The second-order valence-electron chi connectivity index (χ2n) is 2.88. The van der Waals surface area contributed by atoms with E-state index in [2.05, 4.69) is 15.0 Å². The van der Waals surface area contributed by atoms with Gasteiger partial charge >= 0.3 is 5.97 Å². The van der Waals surface area contributed by atoms with E-state index in [9.17, 15) is 4.79 Å². The zero-order valence-corrected chi connectivity index (χ0v) is 9.78. The molecule has 0 amide bonds. The minimum atomic E-state index is -0.289. The standard InChI is InChI=1S/C9H10N2O2.2ClH/c1-13-9(12)6-2-3-11-8-5-10-4-7(6)8;;/h2-3,10H,4-5H2,1H3;2*1H. The average Bonchev–Trinajstić information content (AvgIpc) is 2.63. The highest BCUT2D eigenvalue weighted by atomic mass is 35.5. The third-order valence-electron chi connectivity index (χ3n) is 2.14. The first-order valence-electron chi connectivity index (χ1n) is 4.08. The number of hydrogen-bond acceptors (Lipinski definition) is 4. The molecular formula is C9H12Cl2N2O2. The predicted octanol–water partition coefficient (Wildman–Crippen LogP) is 1.31. The predicted molar refractivity (Wildman–Crippen MR) is 60.6 cm³/mol. The van der Waals surface area contributed by atoms with Gasteiger partial charge in [-0.05, 0) is 6.07 Å². The van der Waals surface area contributed by atoms with Crippen molar-refractivity contribution in [2.24, 2.45) is 0 Å². The van der Waals surface area contributed by atoms with Crippen LogP contribution in [-0.2, 0) is 17.8 Å². The highest BCUT2D eigenvalue weighted by Crippen LogP contribution is 2.17. The van der Waals surface area contributed by atoms with Crippen molar-refractivity contribution in [2.75, 3.05) is 7.11 Å². The summed E-state index contributed by atoms with van der Waals surface area (Å²) in [4.78, 5) is 15.5. The number of nitrogens with one attached hydrogen (secondary N) is 1. The molecule has 0 saturated carbocycles. The fourth-order valence-electron chi connectivity index (χ4n) is 1.49. The van der Waals surface area contributed by atoms with Crippen LogP contribution >= 0.6 is 24.8 Å². The third kappa shape index (κ3) is 2.59. The smallest absolute Gasteiger partial charge is 0.338 e. The van der Waals surface area contributed by atoms with E-state index in [0.29, 0.717) is 12.1 Å². The summed E-state index contributed by atoms with van der Waals surface area (Å²) in [5, 5.41) is 3.14. The molecule has 0 radical (unpaired) electrons. The van der Waals surface area contributed by atoms with E-state index in [1.165, 1.54) is 7.11 Å². The lowest BCUT2D eigenvalue weighted by molar-refractivity contribution is 0.0599. The van der Waals surface area contributed by atoms with Gasteiger partial charge in [0.2, 0.25) is 0 Å². The number of nitrogens with zero attached hydrogens (tertiary/aromatic N) is 1. The maximum Gasteiger partial charge on any atom is 0.338 e. The average molecular weight is 251 g/mol. The van der Waals surface area contributed by atoms with Crippen molar-refractivity contribution in [1.82, 2.24) is 10.3 Å². The van der Waals surface area contributed by atoms with Gasteiger partial charge in [-0.25, -0.2) is 4.79 Å². The molecule has 0 spiro atoms. The molecule has 0 aliphatic carbocycles. The minimum absolute atomic E-state index is 0. The van der Waals surface area contributed by atoms with E-state index >= 15 is 0 Å². The molecule has 0 bridgehead atoms. The number of halogens is 2. The highest BCUT2D eigenvalue weighted by Gasteiger charge is 2.19. The van der Waals surface area contributed by atoms with Gasteiger partial charge in [0.25, 0.3) is 0 Å². The molecule has 2 rings (SSSR count). The maximum atomic E-state index is 11.3. The first kappa shape index (κ1) is 14.2. The highest BCUT2D eigenvalue weighted by molar-refractivity contribution is 5.91. The number of carbonyl (C=O) groups is 1. The molecule has 0 fully saturated rings. The molecule has 0 unspecified atom stereocenters. The lowest BCUT2D eigenvalue weighted by atomic mass is 10.1. The summed E-state index contributed by atoms with van der Waals surface area (Å²) < 4.78 is 4.67. The number of pyridine rings is 1. The molecule has 1 aromatic heterocycles. The zero-order valence-electron chi connectivity index (χ0n) is 8.15. The maximum absolute atomic E-state index is 11.3. The van der Waals surface area contributed by atoms with Gasteiger partial charge in [-0.3, -0.25) is 4.98 Å². The topological polar surface area (TPSA) is 51.2 Å². The van der Waals surface area contributed by atoms with Crippen LogP contribution in [0, 0.1) is 0 Å². The van der Waals surface area contributed by atoms with E-state index in [1.54, 1.807) is 12.3 Å². The van der Waals surface area contributed by atoms with Crippen molar-refractivity contribution < 1.29 is 9.53 Å². The molecule has 84 valence electrons. The molecule has 6 heteroatoms. The summed E-state index contributed by atoms with van der Waals surface area (Å²) >= 11 is 0. The number of ether oxygens (including phenoxy) is 1. The number of fused-ring (bicyclic) bond motifs is 1. The van der Waals surface area contributed by atoms with Crippen molar-refractivity contribution in [3.63, 3.8) is 0 Å². The van der Waals surface area contributed by atoms with E-state index in [-0.39, 0.29) is 30.8 Å². The Bertz CT molecular complexity index is 358. The Morgan fingerprint density at radius 3 is 2.87 bits per heavy atom. The summed E-state index contributed by atoms with van der Waals surface area (Å²) in [6.07, 6.45) is 1.64. The lowest BCUT2D eigenvalue weighted by Crippen LogP contribution is -2.07. The SMILES string of the molecule is COC(=O)c1ccnc2c1CNC2.Cl.Cl. The number of methoxy groups -OCH3 is 1. The Balaban J connectivity index is 0.000000980. The minimum Gasteiger partial charge on any atom is -0.465 e. The number of carbonyl (C=O) groups excluding carboxylic acids is 1. The van der Waals surface area contributed by atoms with Crippen LogP contribution in [0.3, 0.4) is 0 Å². The van der Waals surface area contributed by atoms with Crippen LogP contribution in [0.1, 0.15) is 21.6 Å². The fourth-order valence-corrected chi connectivity index (χ4v) is 1.49. The molecule has 0 aromatic carbocycles. The summed E-state index contributed by atoms with van der Waals surface area (Å²) in [6.45, 7) is 1.44. The summed E-state index contributed by atoms with van der Waals surface area (Å²) in [5.74, 6) is -0.289. The normalized spacial score (nSPS) is 12.1. The molecule has 0 saturated heterocycles. The van der Waals surface area contributed by atoms with Crippen LogP contribution in [0.15, 0.2) is 12.3 Å². The van der Waals surface area contributed by atoms with Crippen LogP contribution in [0.5, 0.6) is 0 Å². The van der Waals surface area contributed by atoms with Crippen LogP contribution in [0.25, 0.3) is 0 Å².